The van der Waals surface area contributed by atoms with E-state index in [0.29, 0.717) is 26.7 Å². The molecule has 0 bridgehead atoms. The minimum Gasteiger partial charge on any atom is -0.392 e. The minimum atomic E-state index is -0.157. The Labute approximate surface area is 124 Å². The van der Waals surface area contributed by atoms with Crippen molar-refractivity contribution in [3.05, 3.63) is 50.2 Å². The lowest BCUT2D eigenvalue weighted by molar-refractivity contribution is 0.282. The fourth-order valence-corrected chi connectivity index (χ4v) is 2.49. The molecule has 0 aliphatic heterocycles. The SMILES string of the molecule is OCc1ccnc(Cl)c1-c1cc(Cl)c(Cl)c(Cl)c1. The summed E-state index contributed by atoms with van der Waals surface area (Å²) < 4.78 is 0. The van der Waals surface area contributed by atoms with Crippen LogP contribution in [-0.4, -0.2) is 10.1 Å². The van der Waals surface area contributed by atoms with Gasteiger partial charge in [0.05, 0.1) is 21.7 Å². The zero-order chi connectivity index (χ0) is 13.3. The summed E-state index contributed by atoms with van der Waals surface area (Å²) in [5.74, 6) is 0. The zero-order valence-corrected chi connectivity index (χ0v) is 11.9. The molecule has 94 valence electrons. The molecule has 0 aliphatic carbocycles. The zero-order valence-electron chi connectivity index (χ0n) is 8.92. The largest absolute Gasteiger partial charge is 0.392 e. The first kappa shape index (κ1) is 13.9. The van der Waals surface area contributed by atoms with Crippen molar-refractivity contribution in [1.82, 2.24) is 4.98 Å². The van der Waals surface area contributed by atoms with E-state index in [4.69, 9.17) is 46.4 Å². The van der Waals surface area contributed by atoms with Gasteiger partial charge in [-0.2, -0.15) is 0 Å². The molecule has 18 heavy (non-hydrogen) atoms. The van der Waals surface area contributed by atoms with Crippen LogP contribution in [0.1, 0.15) is 5.56 Å². The van der Waals surface area contributed by atoms with Gasteiger partial charge >= 0.3 is 0 Å². The van der Waals surface area contributed by atoms with Crippen molar-refractivity contribution in [2.45, 2.75) is 6.61 Å². The summed E-state index contributed by atoms with van der Waals surface area (Å²) >= 11 is 23.9. The molecule has 0 aliphatic rings. The smallest absolute Gasteiger partial charge is 0.137 e. The van der Waals surface area contributed by atoms with E-state index in [1.165, 1.54) is 6.20 Å². The first-order chi connectivity index (χ1) is 8.54. The Morgan fingerprint density at radius 2 is 1.67 bits per heavy atom. The van der Waals surface area contributed by atoms with Crippen molar-refractivity contribution < 1.29 is 5.11 Å². The van der Waals surface area contributed by atoms with E-state index in [-0.39, 0.29) is 16.8 Å². The molecular formula is C12H7Cl4NO. The van der Waals surface area contributed by atoms with Gasteiger partial charge in [-0.15, -0.1) is 0 Å². The number of aliphatic hydroxyl groups is 1. The Morgan fingerprint density at radius 3 is 2.22 bits per heavy atom. The highest BCUT2D eigenvalue weighted by molar-refractivity contribution is 6.48. The number of rotatable bonds is 2. The average Bonchev–Trinajstić information content (AvgIpc) is 2.35. The van der Waals surface area contributed by atoms with E-state index in [9.17, 15) is 5.11 Å². The minimum absolute atomic E-state index is 0.157. The van der Waals surface area contributed by atoms with Crippen LogP contribution >= 0.6 is 46.4 Å². The van der Waals surface area contributed by atoms with Crippen molar-refractivity contribution in [3.63, 3.8) is 0 Å². The third-order valence-corrected chi connectivity index (χ3v) is 3.92. The van der Waals surface area contributed by atoms with Gasteiger partial charge < -0.3 is 5.11 Å². The molecule has 0 amide bonds. The van der Waals surface area contributed by atoms with Gasteiger partial charge in [0, 0.05) is 11.8 Å². The molecule has 0 saturated heterocycles. The molecule has 0 radical (unpaired) electrons. The Kier molecular flexibility index (Phi) is 4.36. The van der Waals surface area contributed by atoms with Gasteiger partial charge in [-0.05, 0) is 29.3 Å². The highest BCUT2D eigenvalue weighted by Crippen LogP contribution is 2.38. The number of aliphatic hydroxyl groups excluding tert-OH is 1. The number of benzene rings is 1. The monoisotopic (exact) mass is 321 g/mol. The highest BCUT2D eigenvalue weighted by atomic mass is 35.5. The van der Waals surface area contributed by atoms with Crippen LogP contribution < -0.4 is 0 Å². The second-order valence-corrected chi connectivity index (χ2v) is 5.10. The van der Waals surface area contributed by atoms with Crippen molar-refractivity contribution >= 4 is 46.4 Å². The van der Waals surface area contributed by atoms with Gasteiger partial charge in [-0.3, -0.25) is 0 Å². The summed E-state index contributed by atoms with van der Waals surface area (Å²) in [6.45, 7) is -0.157. The number of hydrogen-bond donors (Lipinski definition) is 1. The van der Waals surface area contributed by atoms with Crippen molar-refractivity contribution in [2.75, 3.05) is 0 Å². The van der Waals surface area contributed by atoms with Crippen molar-refractivity contribution in [2.24, 2.45) is 0 Å². The topological polar surface area (TPSA) is 33.1 Å². The van der Waals surface area contributed by atoms with Gasteiger partial charge in [-0.25, -0.2) is 4.98 Å². The Bertz CT molecular complexity index is 578. The lowest BCUT2D eigenvalue weighted by Crippen LogP contribution is -1.93. The second kappa shape index (κ2) is 5.64. The summed E-state index contributed by atoms with van der Waals surface area (Å²) in [6.07, 6.45) is 1.52. The summed E-state index contributed by atoms with van der Waals surface area (Å²) in [4.78, 5) is 3.98. The van der Waals surface area contributed by atoms with E-state index in [0.717, 1.165) is 0 Å². The molecule has 2 nitrogen and oxygen atoms in total. The number of halogens is 4. The number of hydrogen-bond acceptors (Lipinski definition) is 2. The van der Waals surface area contributed by atoms with Crippen LogP contribution in [0.3, 0.4) is 0 Å². The van der Waals surface area contributed by atoms with Crippen molar-refractivity contribution in [1.29, 1.82) is 0 Å². The first-order valence-electron chi connectivity index (χ1n) is 4.93. The van der Waals surface area contributed by atoms with E-state index >= 15 is 0 Å². The van der Waals surface area contributed by atoms with Crippen LogP contribution in [0.15, 0.2) is 24.4 Å². The maximum absolute atomic E-state index is 9.32. The third kappa shape index (κ3) is 2.58. The van der Waals surface area contributed by atoms with Crippen LogP contribution in [0.2, 0.25) is 20.2 Å². The summed E-state index contributed by atoms with van der Waals surface area (Å²) in [5, 5.41) is 10.5. The summed E-state index contributed by atoms with van der Waals surface area (Å²) in [7, 11) is 0. The molecular weight excluding hydrogens is 316 g/mol. The van der Waals surface area contributed by atoms with Crippen molar-refractivity contribution in [3.8, 4) is 11.1 Å². The second-order valence-electron chi connectivity index (χ2n) is 3.55. The molecule has 0 saturated carbocycles. The lowest BCUT2D eigenvalue weighted by atomic mass is 10.0. The Balaban J connectivity index is 2.69. The number of pyridine rings is 1. The maximum atomic E-state index is 9.32. The predicted molar refractivity (Wildman–Crippen MR) is 75.6 cm³/mol. The normalized spacial score (nSPS) is 10.7. The van der Waals surface area contributed by atoms with Gasteiger partial charge in [0.25, 0.3) is 0 Å². The predicted octanol–water partition coefficient (Wildman–Crippen LogP) is 4.85. The molecule has 0 atom stereocenters. The Morgan fingerprint density at radius 1 is 1.06 bits per heavy atom. The van der Waals surface area contributed by atoms with Crippen LogP contribution in [0, 0.1) is 0 Å². The fraction of sp³-hybridized carbons (Fsp3) is 0.0833. The highest BCUT2D eigenvalue weighted by Gasteiger charge is 2.13. The van der Waals surface area contributed by atoms with Gasteiger partial charge in [-0.1, -0.05) is 46.4 Å². The Hall–Kier alpha value is -0.510. The van der Waals surface area contributed by atoms with E-state index < -0.39 is 0 Å². The van der Waals surface area contributed by atoms with Crippen LogP contribution in [0.5, 0.6) is 0 Å². The van der Waals surface area contributed by atoms with Gasteiger partial charge in [0.15, 0.2) is 0 Å². The molecule has 0 spiro atoms. The van der Waals surface area contributed by atoms with Crippen LogP contribution in [0.4, 0.5) is 0 Å². The number of aromatic nitrogens is 1. The molecule has 0 fully saturated rings. The first-order valence-corrected chi connectivity index (χ1v) is 6.45. The third-order valence-electron chi connectivity index (χ3n) is 2.43. The van der Waals surface area contributed by atoms with Gasteiger partial charge in [0.1, 0.15) is 5.15 Å². The molecule has 1 aromatic heterocycles. The summed E-state index contributed by atoms with van der Waals surface area (Å²) in [5.41, 5.74) is 1.91. The molecule has 1 aromatic carbocycles. The molecule has 1 N–H and O–H groups in total. The van der Waals surface area contributed by atoms with E-state index in [1.54, 1.807) is 18.2 Å². The number of nitrogens with zero attached hydrogens (tertiary/aromatic N) is 1. The summed E-state index contributed by atoms with van der Waals surface area (Å²) in [6, 6.07) is 4.95. The quantitative estimate of drug-likeness (QED) is 0.633. The average molecular weight is 323 g/mol. The van der Waals surface area contributed by atoms with E-state index in [2.05, 4.69) is 4.98 Å². The molecule has 0 unspecified atom stereocenters. The van der Waals surface area contributed by atoms with Gasteiger partial charge in [0.2, 0.25) is 0 Å². The fourth-order valence-electron chi connectivity index (χ4n) is 1.61. The molecule has 2 aromatic rings. The van der Waals surface area contributed by atoms with Crippen LogP contribution in [0.25, 0.3) is 11.1 Å². The molecule has 1 heterocycles. The molecule has 2 rings (SSSR count). The molecule has 6 heteroatoms. The standard InChI is InChI=1S/C12H7Cl4NO/c13-8-3-7(4-9(14)11(8)15)10-6(5-18)1-2-17-12(10)16/h1-4,18H,5H2. The maximum Gasteiger partial charge on any atom is 0.137 e. The lowest BCUT2D eigenvalue weighted by Gasteiger charge is -2.11. The van der Waals surface area contributed by atoms with E-state index in [1.807, 2.05) is 0 Å². The van der Waals surface area contributed by atoms with Crippen LogP contribution in [-0.2, 0) is 6.61 Å².